The Bertz CT molecular complexity index is 2480. The first-order valence-electron chi connectivity index (χ1n) is 20.4. The van der Waals surface area contributed by atoms with Crippen LogP contribution in [0.2, 0.25) is 0 Å². The molecule has 59 heavy (non-hydrogen) atoms. The van der Waals surface area contributed by atoms with E-state index >= 15 is 0 Å². The number of aryl methyl sites for hydroxylation is 11. The zero-order valence-electron chi connectivity index (χ0n) is 36.5. The van der Waals surface area contributed by atoms with Crippen LogP contribution < -0.4 is 27.1 Å². The highest BCUT2D eigenvalue weighted by atomic mass is 31.2. The maximum absolute atomic E-state index is 7.00. The van der Waals surface area contributed by atoms with Crippen molar-refractivity contribution in [2.24, 2.45) is 0 Å². The van der Waals surface area contributed by atoms with Crippen LogP contribution in [-0.4, -0.2) is 0 Å². The fourth-order valence-electron chi connectivity index (χ4n) is 7.79. The van der Waals surface area contributed by atoms with Crippen LogP contribution in [0, 0.1) is 76.2 Å². The minimum absolute atomic E-state index is 0.526. The molecule has 0 saturated heterocycles. The van der Waals surface area contributed by atoms with Crippen LogP contribution >= 0.6 is 17.2 Å². The van der Waals surface area contributed by atoms with Gasteiger partial charge in [-0.05, 0) is 161 Å². The highest BCUT2D eigenvalue weighted by Gasteiger charge is 2.31. The summed E-state index contributed by atoms with van der Waals surface area (Å²) in [5, 5.41) is 0. The summed E-state index contributed by atoms with van der Waals surface area (Å²) < 4.78 is 41.1. The van der Waals surface area contributed by atoms with E-state index in [0.717, 1.165) is 114 Å². The third kappa shape index (κ3) is 9.25. The van der Waals surface area contributed by atoms with Gasteiger partial charge in [-0.2, -0.15) is 0 Å². The maximum atomic E-state index is 7.00. The standard InChI is InChI=1S/C51H56O6P2/c1-13-43-33(5)17-20-37(9)49(43)55-58(53-47-27-31(3)14-16-36(47)8)52-46-23-15-30(2)25-41(46)28-42-26-32(4)24-40(12)48(42)54-59-56-50-38(10)21-18-34(6)44(50)29-45-35(7)19-22-39(11)51(45)57-59/h14-27H,13,28-29H2,1-12H3. The van der Waals surface area contributed by atoms with Gasteiger partial charge in [0.2, 0.25) is 0 Å². The smallest absolute Gasteiger partial charge is 0.408 e. The zero-order valence-corrected chi connectivity index (χ0v) is 38.3. The second-order valence-corrected chi connectivity index (χ2v) is 18.2. The number of rotatable bonds is 11. The summed E-state index contributed by atoms with van der Waals surface area (Å²) in [7, 11) is -3.85. The van der Waals surface area contributed by atoms with E-state index < -0.39 is 17.2 Å². The van der Waals surface area contributed by atoms with Crippen LogP contribution in [-0.2, 0) is 19.3 Å². The lowest BCUT2D eigenvalue weighted by atomic mass is 9.93. The topological polar surface area (TPSA) is 55.4 Å². The Balaban J connectivity index is 1.27. The van der Waals surface area contributed by atoms with E-state index in [0.29, 0.717) is 12.2 Å². The number of hydrogen-bond donors (Lipinski definition) is 0. The zero-order chi connectivity index (χ0) is 42.1. The molecular weight excluding hydrogens is 771 g/mol. The molecule has 0 spiro atoms. The van der Waals surface area contributed by atoms with Crippen molar-refractivity contribution in [3.8, 4) is 34.5 Å². The van der Waals surface area contributed by atoms with Crippen molar-refractivity contribution < 1.29 is 27.1 Å². The Labute approximate surface area is 353 Å². The summed E-state index contributed by atoms with van der Waals surface area (Å²) in [4.78, 5) is 0. The van der Waals surface area contributed by atoms with Gasteiger partial charge in [-0.15, -0.1) is 0 Å². The average molecular weight is 827 g/mol. The normalized spacial score (nSPS) is 12.9. The molecule has 0 bridgehead atoms. The van der Waals surface area contributed by atoms with Gasteiger partial charge in [0.05, 0.1) is 0 Å². The van der Waals surface area contributed by atoms with Gasteiger partial charge < -0.3 is 27.1 Å². The molecule has 1 unspecified atom stereocenters. The molecule has 0 N–H and O–H groups in total. The van der Waals surface area contributed by atoms with Crippen molar-refractivity contribution in [3.05, 3.63) is 174 Å². The van der Waals surface area contributed by atoms with Gasteiger partial charge in [0, 0.05) is 24.0 Å². The SMILES string of the molecule is CCc1c(C)ccc(C)c1OP(Oc1cc(C)ccc1C)Oc1ccc(C)cc1Cc1cc(C)cc(C)c1OP1Oc2c(C)ccc(C)c2Cc2c(C)ccc(C)c2O1. The number of hydrogen-bond acceptors (Lipinski definition) is 6. The van der Waals surface area contributed by atoms with E-state index in [4.69, 9.17) is 27.1 Å². The Morgan fingerprint density at radius 2 is 1.03 bits per heavy atom. The van der Waals surface area contributed by atoms with Gasteiger partial charge in [0.15, 0.2) is 0 Å². The molecule has 0 aromatic heterocycles. The predicted molar refractivity (Wildman–Crippen MR) is 243 cm³/mol. The van der Waals surface area contributed by atoms with E-state index in [1.54, 1.807) is 0 Å². The van der Waals surface area contributed by atoms with Crippen LogP contribution in [0.1, 0.15) is 95.9 Å². The van der Waals surface area contributed by atoms with Gasteiger partial charge in [-0.1, -0.05) is 90.8 Å². The van der Waals surface area contributed by atoms with E-state index in [-0.39, 0.29) is 0 Å². The fourth-order valence-corrected chi connectivity index (χ4v) is 10.3. The molecule has 1 atom stereocenters. The van der Waals surface area contributed by atoms with E-state index in [1.165, 1.54) is 16.7 Å². The minimum atomic E-state index is -1.94. The van der Waals surface area contributed by atoms with Crippen molar-refractivity contribution >= 4 is 17.2 Å². The third-order valence-electron chi connectivity index (χ3n) is 11.2. The van der Waals surface area contributed by atoms with E-state index in [9.17, 15) is 0 Å². The largest absolute Gasteiger partial charge is 0.530 e. The molecule has 8 heteroatoms. The highest BCUT2D eigenvalue weighted by molar-refractivity contribution is 7.43. The van der Waals surface area contributed by atoms with Gasteiger partial charge >= 0.3 is 17.2 Å². The predicted octanol–water partition coefficient (Wildman–Crippen LogP) is 14.7. The summed E-state index contributed by atoms with van der Waals surface area (Å²) in [6.45, 7) is 25.2. The van der Waals surface area contributed by atoms with Gasteiger partial charge in [0.1, 0.15) is 34.5 Å². The third-order valence-corrected chi connectivity index (χ3v) is 13.2. The maximum Gasteiger partial charge on any atom is 0.530 e. The molecule has 6 aromatic carbocycles. The van der Waals surface area contributed by atoms with Crippen LogP contribution in [0.15, 0.2) is 84.9 Å². The first-order chi connectivity index (χ1) is 28.2. The Hall–Kier alpha value is -5.02. The van der Waals surface area contributed by atoms with E-state index in [2.05, 4.69) is 149 Å². The molecular formula is C51H56O6P2. The molecule has 0 aliphatic carbocycles. The lowest BCUT2D eigenvalue weighted by Crippen LogP contribution is -2.13. The lowest BCUT2D eigenvalue weighted by molar-refractivity contribution is 0.376. The quantitative estimate of drug-likeness (QED) is 0.121. The summed E-state index contributed by atoms with van der Waals surface area (Å²) in [6.07, 6.45) is 2.08. The van der Waals surface area contributed by atoms with Crippen molar-refractivity contribution in [3.63, 3.8) is 0 Å². The average Bonchev–Trinajstić information content (AvgIpc) is 3.17. The molecule has 6 nitrogen and oxygen atoms in total. The minimum Gasteiger partial charge on any atom is -0.408 e. The second-order valence-electron chi connectivity index (χ2n) is 16.2. The number of benzene rings is 6. The summed E-state index contributed by atoms with van der Waals surface area (Å²) in [5.41, 5.74) is 17.5. The van der Waals surface area contributed by atoms with Crippen LogP contribution in [0.5, 0.6) is 34.5 Å². The van der Waals surface area contributed by atoms with Crippen molar-refractivity contribution in [1.82, 2.24) is 0 Å². The summed E-state index contributed by atoms with van der Waals surface area (Å²) in [6, 6.07) is 29.6. The highest BCUT2D eigenvalue weighted by Crippen LogP contribution is 2.52. The molecule has 1 heterocycles. The Morgan fingerprint density at radius 1 is 0.492 bits per heavy atom. The molecule has 0 saturated carbocycles. The van der Waals surface area contributed by atoms with Crippen molar-refractivity contribution in [1.29, 1.82) is 0 Å². The lowest BCUT2D eigenvalue weighted by Gasteiger charge is -2.28. The van der Waals surface area contributed by atoms with Gasteiger partial charge in [-0.3, -0.25) is 0 Å². The first-order valence-corrected chi connectivity index (χ1v) is 22.6. The monoisotopic (exact) mass is 826 g/mol. The molecule has 0 fully saturated rings. The molecule has 7 rings (SSSR count). The summed E-state index contributed by atoms with van der Waals surface area (Å²) in [5.74, 6) is 4.62. The molecule has 1 aliphatic rings. The van der Waals surface area contributed by atoms with Crippen LogP contribution in [0.3, 0.4) is 0 Å². The molecule has 306 valence electrons. The first kappa shape index (κ1) is 42.1. The fraction of sp³-hybridized carbons (Fsp3) is 0.294. The molecule has 6 aromatic rings. The summed E-state index contributed by atoms with van der Waals surface area (Å²) >= 11 is 0. The molecule has 1 aliphatic heterocycles. The van der Waals surface area contributed by atoms with Crippen molar-refractivity contribution in [2.45, 2.75) is 102 Å². The second kappa shape index (κ2) is 17.7. The van der Waals surface area contributed by atoms with E-state index in [1.807, 2.05) is 19.1 Å². The molecule has 0 amide bonds. The molecule has 0 radical (unpaired) electrons. The van der Waals surface area contributed by atoms with Crippen molar-refractivity contribution in [2.75, 3.05) is 0 Å². The Morgan fingerprint density at radius 3 is 1.69 bits per heavy atom. The number of fused-ring (bicyclic) bond motifs is 2. The van der Waals surface area contributed by atoms with Gasteiger partial charge in [0.25, 0.3) is 0 Å². The van der Waals surface area contributed by atoms with Crippen LogP contribution in [0.4, 0.5) is 0 Å². The van der Waals surface area contributed by atoms with Crippen LogP contribution in [0.25, 0.3) is 0 Å². The van der Waals surface area contributed by atoms with Gasteiger partial charge in [-0.25, -0.2) is 0 Å². The Kier molecular flexibility index (Phi) is 12.6.